The van der Waals surface area contributed by atoms with Crippen LogP contribution in [-0.2, 0) is 4.57 Å². The topological polar surface area (TPSA) is 58.6 Å². The van der Waals surface area contributed by atoms with Crippen molar-refractivity contribution in [2.24, 2.45) is 0 Å². The predicted octanol–water partition coefficient (Wildman–Crippen LogP) is 7.23. The van der Waals surface area contributed by atoms with E-state index in [1.807, 2.05) is 97.1 Å². The second-order valence-electron chi connectivity index (χ2n) is 7.91. The summed E-state index contributed by atoms with van der Waals surface area (Å²) in [4.78, 5) is 13.1. The number of phosphoric acid groups is 1. The minimum atomic E-state index is -4.75. The zero-order valence-electron chi connectivity index (χ0n) is 17.5. The summed E-state index contributed by atoms with van der Waals surface area (Å²) in [6, 6.07) is 34.3. The van der Waals surface area contributed by atoms with Gasteiger partial charge in [0.2, 0.25) is 0 Å². The lowest BCUT2D eigenvalue weighted by Gasteiger charge is -2.26. The number of hydrogen-bond acceptors (Lipinski definition) is 4. The first-order valence-corrected chi connectivity index (χ1v) is 12.1. The summed E-state index contributed by atoms with van der Waals surface area (Å²) in [5, 5.41) is 7.09. The molecule has 0 aliphatic carbocycles. The Balaban J connectivity index is 1.46. The summed E-state index contributed by atoms with van der Waals surface area (Å²) in [5.41, 5.74) is 0. The molecule has 0 aromatic heterocycles. The molecule has 0 saturated heterocycles. The van der Waals surface area contributed by atoms with Crippen LogP contribution in [0.5, 0.6) is 11.5 Å². The van der Waals surface area contributed by atoms with Gasteiger partial charge in [-0.25, -0.2) is 4.57 Å². The first-order chi connectivity index (χ1) is 16.1. The SMILES string of the molecule is O=P([O-])(Oc1cc2ccccc2c2ccccc12)Oc1cc2ccccc2c2ccccc12. The molecule has 160 valence electrons. The van der Waals surface area contributed by atoms with Gasteiger partial charge in [-0.1, -0.05) is 97.1 Å². The number of phosphoric ester groups is 1. The van der Waals surface area contributed by atoms with Gasteiger partial charge in [0.25, 0.3) is 0 Å². The molecule has 0 aliphatic rings. The van der Waals surface area contributed by atoms with E-state index in [2.05, 4.69) is 0 Å². The summed E-state index contributed by atoms with van der Waals surface area (Å²) in [5.74, 6) is 0.487. The van der Waals surface area contributed by atoms with Gasteiger partial charge < -0.3 is 13.9 Å². The van der Waals surface area contributed by atoms with Gasteiger partial charge in [-0.15, -0.1) is 0 Å². The molecule has 0 N–H and O–H groups in total. The van der Waals surface area contributed by atoms with Crippen LogP contribution in [0.3, 0.4) is 0 Å². The van der Waals surface area contributed by atoms with Crippen LogP contribution in [0.1, 0.15) is 0 Å². The molecule has 0 heterocycles. The van der Waals surface area contributed by atoms with E-state index in [1.54, 1.807) is 12.1 Å². The van der Waals surface area contributed by atoms with Gasteiger partial charge >= 0.3 is 7.82 Å². The fraction of sp³-hybridized carbons (Fsp3) is 0. The number of benzene rings is 6. The molecule has 4 nitrogen and oxygen atoms in total. The molecular weight excluding hydrogens is 431 g/mol. The highest BCUT2D eigenvalue weighted by molar-refractivity contribution is 7.46. The van der Waals surface area contributed by atoms with Gasteiger partial charge in [0.1, 0.15) is 11.5 Å². The predicted molar refractivity (Wildman–Crippen MR) is 132 cm³/mol. The van der Waals surface area contributed by atoms with E-state index in [9.17, 15) is 9.46 Å². The highest BCUT2D eigenvalue weighted by Gasteiger charge is 2.19. The fourth-order valence-electron chi connectivity index (χ4n) is 4.45. The van der Waals surface area contributed by atoms with Crippen molar-refractivity contribution in [2.75, 3.05) is 0 Å². The van der Waals surface area contributed by atoms with E-state index in [1.165, 1.54) is 0 Å². The van der Waals surface area contributed by atoms with Gasteiger partial charge in [0, 0.05) is 10.8 Å². The minimum Gasteiger partial charge on any atom is -0.736 e. The van der Waals surface area contributed by atoms with Gasteiger partial charge in [0.15, 0.2) is 0 Å². The highest BCUT2D eigenvalue weighted by Crippen LogP contribution is 2.47. The van der Waals surface area contributed by atoms with Crippen molar-refractivity contribution in [1.29, 1.82) is 0 Å². The molecule has 0 unspecified atom stereocenters. The lowest BCUT2D eigenvalue weighted by atomic mass is 10.0. The van der Waals surface area contributed by atoms with Gasteiger partial charge in [0.05, 0.1) is 0 Å². The molecule has 0 spiro atoms. The Bertz CT molecular complexity index is 1600. The Labute approximate surface area is 190 Å². The monoisotopic (exact) mass is 449 g/mol. The van der Waals surface area contributed by atoms with Gasteiger partial charge in [-0.05, 0) is 44.5 Å². The van der Waals surface area contributed by atoms with E-state index in [4.69, 9.17) is 9.05 Å². The first kappa shape index (κ1) is 19.8. The summed E-state index contributed by atoms with van der Waals surface area (Å²) in [6.45, 7) is 0. The fourth-order valence-corrected chi connectivity index (χ4v) is 5.27. The van der Waals surface area contributed by atoms with Crippen molar-refractivity contribution in [2.45, 2.75) is 0 Å². The van der Waals surface area contributed by atoms with E-state index in [0.29, 0.717) is 10.8 Å². The zero-order chi connectivity index (χ0) is 22.4. The average molecular weight is 449 g/mol. The van der Waals surface area contributed by atoms with E-state index in [0.717, 1.165) is 32.3 Å². The van der Waals surface area contributed by atoms with Crippen molar-refractivity contribution in [3.8, 4) is 11.5 Å². The summed E-state index contributed by atoms with van der Waals surface area (Å²) < 4.78 is 24.2. The van der Waals surface area contributed by atoms with Gasteiger partial charge in [-0.3, -0.25) is 0 Å². The normalized spacial score (nSPS) is 11.9. The average Bonchev–Trinajstić information content (AvgIpc) is 2.84. The maximum Gasteiger partial charge on any atom is 0.372 e. The second kappa shape index (κ2) is 7.63. The molecule has 33 heavy (non-hydrogen) atoms. The van der Waals surface area contributed by atoms with Crippen molar-refractivity contribution in [1.82, 2.24) is 0 Å². The molecule has 0 fully saturated rings. The third kappa shape index (κ3) is 3.50. The largest absolute Gasteiger partial charge is 0.736 e. The molecule has 0 saturated carbocycles. The van der Waals surface area contributed by atoms with Crippen LogP contribution in [0.4, 0.5) is 0 Å². The van der Waals surface area contributed by atoms with Crippen LogP contribution < -0.4 is 13.9 Å². The van der Waals surface area contributed by atoms with Crippen LogP contribution in [0.2, 0.25) is 0 Å². The van der Waals surface area contributed by atoms with Crippen LogP contribution in [0.25, 0.3) is 43.1 Å². The summed E-state index contributed by atoms with van der Waals surface area (Å²) >= 11 is 0. The van der Waals surface area contributed by atoms with Crippen molar-refractivity contribution >= 4 is 50.9 Å². The molecular formula is C28H18O4P-. The number of rotatable bonds is 4. The molecule has 5 heteroatoms. The smallest absolute Gasteiger partial charge is 0.372 e. The molecule has 0 radical (unpaired) electrons. The first-order valence-electron chi connectivity index (χ1n) is 10.6. The number of fused-ring (bicyclic) bond motifs is 6. The summed E-state index contributed by atoms with van der Waals surface area (Å²) in [6.07, 6.45) is 0. The molecule has 6 aromatic rings. The zero-order valence-corrected chi connectivity index (χ0v) is 18.4. The van der Waals surface area contributed by atoms with Crippen LogP contribution >= 0.6 is 7.82 Å². The maximum atomic E-state index is 13.1. The Hall–Kier alpha value is -3.85. The summed E-state index contributed by atoms with van der Waals surface area (Å²) in [7, 11) is -4.75. The van der Waals surface area contributed by atoms with E-state index < -0.39 is 7.82 Å². The van der Waals surface area contributed by atoms with Crippen LogP contribution in [-0.4, -0.2) is 0 Å². The van der Waals surface area contributed by atoms with Crippen LogP contribution in [0, 0.1) is 0 Å². The van der Waals surface area contributed by atoms with Crippen LogP contribution in [0.15, 0.2) is 109 Å². The van der Waals surface area contributed by atoms with Crippen molar-refractivity contribution in [3.05, 3.63) is 109 Å². The lowest BCUT2D eigenvalue weighted by Crippen LogP contribution is -2.13. The molecule has 0 aliphatic heterocycles. The molecule has 0 amide bonds. The van der Waals surface area contributed by atoms with E-state index >= 15 is 0 Å². The van der Waals surface area contributed by atoms with Gasteiger partial charge in [-0.2, -0.15) is 0 Å². The Kier molecular flexibility index (Phi) is 4.58. The third-order valence-corrected chi connectivity index (χ3v) is 6.72. The van der Waals surface area contributed by atoms with E-state index in [-0.39, 0.29) is 11.5 Å². The Morgan fingerprint density at radius 1 is 0.485 bits per heavy atom. The minimum absolute atomic E-state index is 0.243. The lowest BCUT2D eigenvalue weighted by molar-refractivity contribution is -0.208. The molecule has 0 atom stereocenters. The maximum absolute atomic E-state index is 13.1. The Morgan fingerprint density at radius 2 is 0.818 bits per heavy atom. The second-order valence-corrected chi connectivity index (χ2v) is 9.17. The highest BCUT2D eigenvalue weighted by atomic mass is 31.2. The quantitative estimate of drug-likeness (QED) is 0.210. The van der Waals surface area contributed by atoms with Crippen molar-refractivity contribution in [3.63, 3.8) is 0 Å². The third-order valence-electron chi connectivity index (χ3n) is 5.88. The molecule has 6 rings (SSSR count). The molecule has 0 bridgehead atoms. The van der Waals surface area contributed by atoms with Crippen molar-refractivity contribution < 1.29 is 18.5 Å². The Morgan fingerprint density at radius 3 is 1.24 bits per heavy atom. The number of hydrogen-bond donors (Lipinski definition) is 0. The standard InChI is InChI=1S/C28H19O4P/c29-33(30,31-27-17-19-9-1-3-11-21(19)23-13-5-7-15-25(23)27)32-28-18-20-10-2-4-12-22(20)24-14-6-8-16-26(24)28/h1-18H,(H,29,30)/p-1. The molecule has 6 aromatic carbocycles.